The summed E-state index contributed by atoms with van der Waals surface area (Å²) >= 11 is 0. The second-order valence-electron chi connectivity index (χ2n) is 17.3. The van der Waals surface area contributed by atoms with Crippen LogP contribution < -0.4 is 0 Å². The average molecular weight is 605 g/mol. The minimum Gasteiger partial charge on any atom is -0.457 e. The molecule has 2 spiro atoms. The van der Waals surface area contributed by atoms with Gasteiger partial charge in [0, 0.05) is 13.3 Å². The highest BCUT2D eigenvalue weighted by atomic mass is 16.7. The highest BCUT2D eigenvalue weighted by Crippen LogP contribution is 2.87. The van der Waals surface area contributed by atoms with Crippen LogP contribution in [0.1, 0.15) is 112 Å². The van der Waals surface area contributed by atoms with Crippen LogP contribution in [0.4, 0.5) is 0 Å². The number of carbonyl (C=O) groups excluding carboxylic acids is 1. The second kappa shape index (κ2) is 10.1. The third-order valence-corrected chi connectivity index (χ3v) is 14.5. The lowest BCUT2D eigenvalue weighted by Gasteiger charge is -2.60. The van der Waals surface area contributed by atoms with Gasteiger partial charge >= 0.3 is 5.97 Å². The maximum atomic E-state index is 11.9. The van der Waals surface area contributed by atoms with Gasteiger partial charge in [-0.15, -0.1) is 0 Å². The Morgan fingerprint density at radius 2 is 1.65 bits per heavy atom. The Morgan fingerprint density at radius 1 is 0.907 bits per heavy atom. The van der Waals surface area contributed by atoms with Gasteiger partial charge in [0.2, 0.25) is 0 Å². The van der Waals surface area contributed by atoms with Crippen LogP contribution in [0.15, 0.2) is 0 Å². The molecule has 0 bridgehead atoms. The zero-order chi connectivity index (χ0) is 30.7. The van der Waals surface area contributed by atoms with Crippen molar-refractivity contribution in [3.8, 4) is 0 Å². The molecule has 43 heavy (non-hydrogen) atoms. The molecule has 8 nitrogen and oxygen atoms in total. The van der Waals surface area contributed by atoms with Crippen molar-refractivity contribution < 1.29 is 39.1 Å². The Hall–Kier alpha value is -0.770. The maximum Gasteiger partial charge on any atom is 0.303 e. The van der Waals surface area contributed by atoms with Crippen LogP contribution in [0, 0.1) is 45.3 Å². The summed E-state index contributed by atoms with van der Waals surface area (Å²) in [5.41, 5.74) is 0.00131. The summed E-state index contributed by atoms with van der Waals surface area (Å²) in [5, 5.41) is 31.0. The minimum atomic E-state index is -1.15. The Kier molecular flexibility index (Phi) is 7.26. The van der Waals surface area contributed by atoms with Crippen molar-refractivity contribution in [1.82, 2.24) is 0 Å². The first-order chi connectivity index (χ1) is 20.1. The number of aliphatic hydroxyl groups excluding tert-OH is 2. The van der Waals surface area contributed by atoms with Crippen LogP contribution in [-0.2, 0) is 23.7 Å². The third-order valence-electron chi connectivity index (χ3n) is 14.5. The molecule has 2 heterocycles. The molecule has 0 amide bonds. The SMILES string of the molecule is CC(=O)O[C@@H](C1CC[C@H]2C(CC3C4CCC5C(C)(C)[C@@H](OC6C[C@@H](O)[C@H](O)CO6)CCC56C[C@@]46CCC32C)O1)C(C)(C)O. The van der Waals surface area contributed by atoms with E-state index in [1.807, 2.05) is 0 Å². The van der Waals surface area contributed by atoms with Crippen molar-refractivity contribution in [2.75, 3.05) is 6.61 Å². The first-order valence-corrected chi connectivity index (χ1v) is 17.3. The molecule has 2 aliphatic heterocycles. The fourth-order valence-corrected chi connectivity index (χ4v) is 12.6. The Labute approximate surface area is 257 Å². The molecule has 0 aromatic heterocycles. The molecule has 0 aromatic rings. The van der Waals surface area contributed by atoms with Crippen molar-refractivity contribution in [3.05, 3.63) is 0 Å². The van der Waals surface area contributed by atoms with Gasteiger partial charge in [-0.1, -0.05) is 20.8 Å². The van der Waals surface area contributed by atoms with E-state index in [2.05, 4.69) is 20.8 Å². The summed E-state index contributed by atoms with van der Waals surface area (Å²) in [5.74, 6) is 2.18. The van der Waals surface area contributed by atoms with E-state index in [0.29, 0.717) is 35.0 Å². The molecule has 5 aliphatic carbocycles. The van der Waals surface area contributed by atoms with Crippen LogP contribution in [0.25, 0.3) is 0 Å². The van der Waals surface area contributed by atoms with E-state index < -0.39 is 30.2 Å². The van der Waals surface area contributed by atoms with Gasteiger partial charge < -0.3 is 34.3 Å². The first kappa shape index (κ1) is 30.9. The molecule has 14 atom stereocenters. The number of esters is 1. The van der Waals surface area contributed by atoms with Gasteiger partial charge in [0.25, 0.3) is 0 Å². The number of rotatable bonds is 5. The van der Waals surface area contributed by atoms with Crippen LogP contribution in [0.5, 0.6) is 0 Å². The lowest BCUT2D eigenvalue weighted by molar-refractivity contribution is -0.264. The summed E-state index contributed by atoms with van der Waals surface area (Å²) in [7, 11) is 0. The predicted molar refractivity (Wildman–Crippen MR) is 159 cm³/mol. The molecule has 3 N–H and O–H groups in total. The summed E-state index contributed by atoms with van der Waals surface area (Å²) in [6, 6.07) is 0. The highest BCUT2D eigenvalue weighted by molar-refractivity contribution is 5.66. The number of hydrogen-bond donors (Lipinski definition) is 3. The van der Waals surface area contributed by atoms with E-state index in [0.717, 1.165) is 31.6 Å². The van der Waals surface area contributed by atoms with Crippen LogP contribution in [-0.4, -0.2) is 76.4 Å². The molecule has 244 valence electrons. The average Bonchev–Trinajstić information content (AvgIpc) is 3.50. The van der Waals surface area contributed by atoms with Crippen LogP contribution in [0.3, 0.4) is 0 Å². The van der Waals surface area contributed by atoms with Crippen molar-refractivity contribution in [2.45, 2.75) is 161 Å². The van der Waals surface area contributed by atoms with Gasteiger partial charge in [0.1, 0.15) is 6.10 Å². The quantitative estimate of drug-likeness (QED) is 0.304. The Balaban J connectivity index is 1.07. The lowest BCUT2D eigenvalue weighted by atomic mass is 9.46. The van der Waals surface area contributed by atoms with E-state index in [4.69, 9.17) is 18.9 Å². The predicted octanol–water partition coefficient (Wildman–Crippen LogP) is 4.75. The molecule has 7 aliphatic rings. The molecule has 5 saturated carbocycles. The van der Waals surface area contributed by atoms with Crippen molar-refractivity contribution >= 4 is 5.97 Å². The highest BCUT2D eigenvalue weighted by Gasteiger charge is 2.80. The summed E-state index contributed by atoms with van der Waals surface area (Å²) in [6.07, 6.45) is 9.32. The number of carbonyl (C=O) groups is 1. The zero-order valence-corrected chi connectivity index (χ0v) is 27.2. The molecule has 2 saturated heterocycles. The maximum absolute atomic E-state index is 11.9. The fourth-order valence-electron chi connectivity index (χ4n) is 12.6. The number of fused-ring (bicyclic) bond motifs is 4. The Bertz CT molecular complexity index is 1100. The minimum absolute atomic E-state index is 0.0284. The van der Waals surface area contributed by atoms with Gasteiger partial charge in [0.15, 0.2) is 12.4 Å². The van der Waals surface area contributed by atoms with Gasteiger partial charge in [-0.05, 0) is 123 Å². The normalized spacial score (nSPS) is 52.5. The van der Waals surface area contributed by atoms with Gasteiger partial charge in [-0.25, -0.2) is 0 Å². The van der Waals surface area contributed by atoms with Gasteiger partial charge in [-0.3, -0.25) is 4.79 Å². The number of hydrogen-bond acceptors (Lipinski definition) is 8. The van der Waals surface area contributed by atoms with E-state index in [1.54, 1.807) is 13.8 Å². The molecule has 0 aromatic carbocycles. The standard InChI is InChI=1S/C35H56O8/c1-19(36)41-30(32(4,5)39)25-9-7-21-26(42-25)15-22-20-8-10-27-31(2,3)28(43-29-16-23(37)24(38)17-40-29)11-12-35(27)18-34(20,35)14-13-33(21,22)6/h20-30,37-39H,7-18H2,1-6H3/t20?,21-,22?,23+,24+,25?,26?,27?,28-,29?,30-,33?,34-,35?/m0/s1. The van der Waals surface area contributed by atoms with E-state index >= 15 is 0 Å². The summed E-state index contributed by atoms with van der Waals surface area (Å²) in [4.78, 5) is 11.9. The molecular formula is C35H56O8. The smallest absolute Gasteiger partial charge is 0.303 e. The van der Waals surface area contributed by atoms with Crippen LogP contribution >= 0.6 is 0 Å². The van der Waals surface area contributed by atoms with Gasteiger partial charge in [-0.2, -0.15) is 0 Å². The third kappa shape index (κ3) is 4.54. The fraction of sp³-hybridized carbons (Fsp3) is 0.971. The Morgan fingerprint density at radius 3 is 2.35 bits per heavy atom. The monoisotopic (exact) mass is 604 g/mol. The number of ether oxygens (including phenoxy) is 4. The zero-order valence-electron chi connectivity index (χ0n) is 27.2. The summed E-state index contributed by atoms with van der Waals surface area (Å²) in [6.45, 7) is 12.4. The van der Waals surface area contributed by atoms with E-state index in [1.165, 1.54) is 45.4 Å². The second-order valence-corrected chi connectivity index (χ2v) is 17.3. The first-order valence-electron chi connectivity index (χ1n) is 17.3. The van der Waals surface area contributed by atoms with E-state index in [-0.39, 0.29) is 41.7 Å². The lowest BCUT2D eigenvalue weighted by Crippen LogP contribution is -2.56. The largest absolute Gasteiger partial charge is 0.457 e. The van der Waals surface area contributed by atoms with Crippen molar-refractivity contribution in [3.63, 3.8) is 0 Å². The molecular weight excluding hydrogens is 548 g/mol. The van der Waals surface area contributed by atoms with Crippen LogP contribution in [0.2, 0.25) is 0 Å². The van der Waals surface area contributed by atoms with E-state index in [9.17, 15) is 20.1 Å². The molecule has 8 heteroatoms. The topological polar surface area (TPSA) is 115 Å². The van der Waals surface area contributed by atoms with Gasteiger partial charge in [0.05, 0.1) is 36.6 Å². The molecule has 7 rings (SSSR count). The number of aliphatic hydroxyl groups is 3. The molecule has 0 radical (unpaired) electrons. The molecule has 8 unspecified atom stereocenters. The van der Waals surface area contributed by atoms with Crippen molar-refractivity contribution in [2.24, 2.45) is 45.3 Å². The summed E-state index contributed by atoms with van der Waals surface area (Å²) < 4.78 is 24.8. The van der Waals surface area contributed by atoms with Crippen molar-refractivity contribution in [1.29, 1.82) is 0 Å². The molecule has 7 fully saturated rings.